The van der Waals surface area contributed by atoms with Gasteiger partial charge >= 0.3 is 6.18 Å². The van der Waals surface area contributed by atoms with Gasteiger partial charge in [-0.2, -0.15) is 18.4 Å². The van der Waals surface area contributed by atoms with Crippen molar-refractivity contribution in [3.63, 3.8) is 0 Å². The molecule has 0 radical (unpaired) electrons. The third-order valence-electron chi connectivity index (χ3n) is 4.80. The highest BCUT2D eigenvalue weighted by Gasteiger charge is 2.52. The third kappa shape index (κ3) is 3.48. The van der Waals surface area contributed by atoms with Crippen LogP contribution in [0.1, 0.15) is 32.3 Å². The molecular weight excluding hydrogens is 324 g/mol. The Morgan fingerprint density at radius 3 is 2.58 bits per heavy atom. The van der Waals surface area contributed by atoms with Crippen molar-refractivity contribution in [2.24, 2.45) is 11.8 Å². The van der Waals surface area contributed by atoms with Gasteiger partial charge in [-0.3, -0.25) is 0 Å². The molecule has 0 aromatic heterocycles. The third-order valence-corrected chi connectivity index (χ3v) is 4.80. The van der Waals surface area contributed by atoms with Crippen molar-refractivity contribution in [2.75, 3.05) is 11.4 Å². The number of aliphatic hydroxyl groups excluding tert-OH is 1. The van der Waals surface area contributed by atoms with Gasteiger partial charge in [-0.1, -0.05) is 20.3 Å². The second kappa shape index (κ2) is 6.98. The van der Waals surface area contributed by atoms with Crippen LogP contribution in [0.4, 0.5) is 23.2 Å². The first-order chi connectivity index (χ1) is 11.2. The number of hydrogen-bond donors (Lipinski definition) is 1. The summed E-state index contributed by atoms with van der Waals surface area (Å²) >= 11 is 0. The summed E-state index contributed by atoms with van der Waals surface area (Å²) in [5.41, 5.74) is 0.0919. The van der Waals surface area contributed by atoms with E-state index in [1.54, 1.807) is 13.0 Å². The standard InChI is InChI=1S/C17H20F4N2O/c1-3-4-12-9-23(13-6-5-11(8-22)14(18)7-13)15(10(12)2)16(24)17(19,20)21/h5-7,10,12,15-16,24H,3-4,9H2,1-2H3/t10-,12-,15?,16+/m0/s1. The monoisotopic (exact) mass is 344 g/mol. The fraction of sp³-hybridized carbons (Fsp3) is 0.588. The maximum Gasteiger partial charge on any atom is 0.416 e. The number of alkyl halides is 3. The number of hydrogen-bond acceptors (Lipinski definition) is 3. The molecule has 0 spiro atoms. The molecule has 4 atom stereocenters. The zero-order chi connectivity index (χ0) is 18.1. The van der Waals surface area contributed by atoms with Gasteiger partial charge in [-0.15, -0.1) is 0 Å². The molecule has 0 amide bonds. The summed E-state index contributed by atoms with van der Waals surface area (Å²) in [6, 6.07) is 4.26. The van der Waals surface area contributed by atoms with Gasteiger partial charge in [0, 0.05) is 12.2 Å². The Balaban J connectivity index is 2.40. The predicted octanol–water partition coefficient (Wildman–Crippen LogP) is 3.86. The molecule has 1 fully saturated rings. The molecule has 132 valence electrons. The van der Waals surface area contributed by atoms with Crippen LogP contribution in [0.3, 0.4) is 0 Å². The Labute approximate surface area is 138 Å². The molecule has 3 nitrogen and oxygen atoms in total. The highest BCUT2D eigenvalue weighted by Crippen LogP contribution is 2.41. The van der Waals surface area contributed by atoms with Crippen molar-refractivity contribution in [1.82, 2.24) is 0 Å². The second-order valence-corrected chi connectivity index (χ2v) is 6.31. The highest BCUT2D eigenvalue weighted by molar-refractivity contribution is 5.53. The van der Waals surface area contributed by atoms with Gasteiger partial charge in [0.2, 0.25) is 0 Å². The van der Waals surface area contributed by atoms with Crippen LogP contribution in [0.2, 0.25) is 0 Å². The SMILES string of the molecule is CCC[C@H]1CN(c2ccc(C#N)c(F)c2)C([C@@H](O)C(F)(F)F)[C@H]1C. The minimum atomic E-state index is -4.75. The van der Waals surface area contributed by atoms with E-state index in [1.165, 1.54) is 17.0 Å². The lowest BCUT2D eigenvalue weighted by Crippen LogP contribution is -2.49. The molecule has 2 rings (SSSR count). The number of nitriles is 1. The van der Waals surface area contributed by atoms with Crippen LogP contribution in [0, 0.1) is 29.0 Å². The van der Waals surface area contributed by atoms with Crippen LogP contribution in [0.15, 0.2) is 18.2 Å². The van der Waals surface area contributed by atoms with Gasteiger partial charge in [-0.05, 0) is 36.5 Å². The van der Waals surface area contributed by atoms with E-state index in [4.69, 9.17) is 5.26 Å². The topological polar surface area (TPSA) is 47.3 Å². The molecule has 1 saturated heterocycles. The smallest absolute Gasteiger partial charge is 0.382 e. The van der Waals surface area contributed by atoms with Gasteiger partial charge < -0.3 is 10.0 Å². The lowest BCUT2D eigenvalue weighted by Gasteiger charge is -2.33. The minimum absolute atomic E-state index is 0.0179. The van der Waals surface area contributed by atoms with Crippen LogP contribution in [-0.2, 0) is 0 Å². The summed E-state index contributed by atoms with van der Waals surface area (Å²) < 4.78 is 53.1. The first-order valence-electron chi connectivity index (χ1n) is 7.91. The van der Waals surface area contributed by atoms with E-state index in [2.05, 4.69) is 0 Å². The number of nitrogens with zero attached hydrogens (tertiary/aromatic N) is 2. The summed E-state index contributed by atoms with van der Waals surface area (Å²) in [6.45, 7) is 3.96. The molecule has 1 N–H and O–H groups in total. The van der Waals surface area contributed by atoms with Crippen molar-refractivity contribution < 1.29 is 22.7 Å². The van der Waals surface area contributed by atoms with Crippen LogP contribution in [-0.4, -0.2) is 30.0 Å². The van der Waals surface area contributed by atoms with Crippen molar-refractivity contribution in [2.45, 2.75) is 45.0 Å². The Kier molecular flexibility index (Phi) is 5.38. The van der Waals surface area contributed by atoms with Crippen LogP contribution in [0.5, 0.6) is 0 Å². The number of benzene rings is 1. The normalized spacial score (nSPS) is 25.6. The maximum absolute atomic E-state index is 13.9. The lowest BCUT2D eigenvalue weighted by atomic mass is 9.86. The molecule has 0 bridgehead atoms. The van der Waals surface area contributed by atoms with Gasteiger partial charge in [0.15, 0.2) is 6.10 Å². The average Bonchev–Trinajstić information content (AvgIpc) is 2.83. The van der Waals surface area contributed by atoms with E-state index in [1.807, 2.05) is 6.92 Å². The van der Waals surface area contributed by atoms with E-state index in [0.29, 0.717) is 6.54 Å². The molecular formula is C17H20F4N2O. The summed E-state index contributed by atoms with van der Waals surface area (Å²) in [5.74, 6) is -1.18. The average molecular weight is 344 g/mol. The molecule has 7 heteroatoms. The Bertz CT molecular complexity index is 626. The summed E-state index contributed by atoms with van der Waals surface area (Å²) in [4.78, 5) is 1.42. The van der Waals surface area contributed by atoms with Gasteiger partial charge in [-0.25, -0.2) is 4.39 Å². The fourth-order valence-electron chi connectivity index (χ4n) is 3.53. The molecule has 1 aliphatic rings. The first-order valence-corrected chi connectivity index (χ1v) is 7.91. The number of halogens is 4. The zero-order valence-corrected chi connectivity index (χ0v) is 13.5. The van der Waals surface area contributed by atoms with Crippen LogP contribution < -0.4 is 4.90 Å². The first kappa shape index (κ1) is 18.5. The fourth-order valence-corrected chi connectivity index (χ4v) is 3.53. The number of rotatable bonds is 4. The molecule has 24 heavy (non-hydrogen) atoms. The molecule has 0 saturated carbocycles. The Hall–Kier alpha value is -1.81. The number of anilines is 1. The zero-order valence-electron chi connectivity index (χ0n) is 13.5. The summed E-state index contributed by atoms with van der Waals surface area (Å²) in [5, 5.41) is 18.6. The lowest BCUT2D eigenvalue weighted by molar-refractivity contribution is -0.212. The Morgan fingerprint density at radius 2 is 2.08 bits per heavy atom. The van der Waals surface area contributed by atoms with E-state index < -0.39 is 24.1 Å². The van der Waals surface area contributed by atoms with Crippen molar-refractivity contribution >= 4 is 5.69 Å². The molecule has 1 aromatic rings. The van der Waals surface area contributed by atoms with Crippen LogP contribution >= 0.6 is 0 Å². The van der Waals surface area contributed by atoms with Crippen molar-refractivity contribution in [1.29, 1.82) is 5.26 Å². The second-order valence-electron chi connectivity index (χ2n) is 6.31. The summed E-state index contributed by atoms with van der Waals surface area (Å²) in [6.07, 6.45) is -5.70. The van der Waals surface area contributed by atoms with Gasteiger partial charge in [0.1, 0.15) is 11.9 Å². The predicted molar refractivity (Wildman–Crippen MR) is 81.9 cm³/mol. The largest absolute Gasteiger partial charge is 0.416 e. The van der Waals surface area contributed by atoms with E-state index >= 15 is 0 Å². The quantitative estimate of drug-likeness (QED) is 0.844. The van der Waals surface area contributed by atoms with E-state index in [9.17, 15) is 22.7 Å². The molecule has 0 aliphatic carbocycles. The maximum atomic E-state index is 13.9. The molecule has 1 aliphatic heterocycles. The highest BCUT2D eigenvalue weighted by atomic mass is 19.4. The van der Waals surface area contributed by atoms with Crippen LogP contribution in [0.25, 0.3) is 0 Å². The van der Waals surface area contributed by atoms with Crippen molar-refractivity contribution in [3.8, 4) is 6.07 Å². The molecule has 1 heterocycles. The Morgan fingerprint density at radius 1 is 1.42 bits per heavy atom. The molecule has 1 aromatic carbocycles. The van der Waals surface area contributed by atoms with Gasteiger partial charge in [0.05, 0.1) is 11.6 Å². The van der Waals surface area contributed by atoms with E-state index in [-0.39, 0.29) is 23.1 Å². The summed E-state index contributed by atoms with van der Waals surface area (Å²) in [7, 11) is 0. The van der Waals surface area contributed by atoms with Gasteiger partial charge in [0.25, 0.3) is 0 Å². The van der Waals surface area contributed by atoms with Crippen molar-refractivity contribution in [3.05, 3.63) is 29.6 Å². The minimum Gasteiger partial charge on any atom is -0.382 e. The number of aliphatic hydroxyl groups is 1. The van der Waals surface area contributed by atoms with E-state index in [0.717, 1.165) is 18.9 Å². The molecule has 1 unspecified atom stereocenters.